The van der Waals surface area contributed by atoms with Crippen LogP contribution in [0, 0.1) is 5.92 Å². The summed E-state index contributed by atoms with van der Waals surface area (Å²) in [6.45, 7) is 0. The molecule has 1 saturated heterocycles. The van der Waals surface area contributed by atoms with Gasteiger partial charge < -0.3 is 5.73 Å². The van der Waals surface area contributed by atoms with Crippen LogP contribution in [0.5, 0.6) is 0 Å². The van der Waals surface area contributed by atoms with Crippen molar-refractivity contribution in [2.75, 3.05) is 0 Å². The van der Waals surface area contributed by atoms with Crippen molar-refractivity contribution in [2.45, 2.75) is 37.4 Å². The highest BCUT2D eigenvalue weighted by atomic mass is 35.5. The van der Waals surface area contributed by atoms with Gasteiger partial charge >= 0.3 is 0 Å². The van der Waals surface area contributed by atoms with Gasteiger partial charge in [0.05, 0.1) is 6.04 Å². The smallest absolute Gasteiger partial charge is 0.0520 e. The number of hydrazine groups is 1. The number of nitrogens with two attached hydrogens (primary N) is 1. The minimum Gasteiger partial charge on any atom is -0.328 e. The first-order valence-electron chi connectivity index (χ1n) is 6.27. The van der Waals surface area contributed by atoms with Crippen molar-refractivity contribution >= 4 is 11.6 Å². The number of fused-ring (bicyclic) bond motifs is 1. The van der Waals surface area contributed by atoms with E-state index in [0.717, 1.165) is 17.9 Å². The third kappa shape index (κ3) is 2.08. The largest absolute Gasteiger partial charge is 0.328 e. The van der Waals surface area contributed by atoms with Crippen LogP contribution in [0.3, 0.4) is 0 Å². The number of hydrogen-bond acceptors (Lipinski definition) is 3. The third-order valence-electron chi connectivity index (χ3n) is 4.04. The van der Waals surface area contributed by atoms with Crippen LogP contribution < -0.4 is 16.6 Å². The molecule has 1 heterocycles. The van der Waals surface area contributed by atoms with Gasteiger partial charge in [0.15, 0.2) is 0 Å². The van der Waals surface area contributed by atoms with Crippen LogP contribution in [0.1, 0.15) is 30.9 Å². The van der Waals surface area contributed by atoms with Crippen LogP contribution in [0.4, 0.5) is 0 Å². The van der Waals surface area contributed by atoms with Crippen LogP contribution in [-0.2, 0) is 0 Å². The predicted octanol–water partition coefficient (Wildman–Crippen LogP) is 1.98. The fourth-order valence-electron chi connectivity index (χ4n) is 3.13. The van der Waals surface area contributed by atoms with E-state index in [4.69, 9.17) is 17.3 Å². The summed E-state index contributed by atoms with van der Waals surface area (Å²) in [5.74, 6) is 0.606. The summed E-state index contributed by atoms with van der Waals surface area (Å²) in [7, 11) is 0. The lowest BCUT2D eigenvalue weighted by Crippen LogP contribution is -2.41. The van der Waals surface area contributed by atoms with Gasteiger partial charge in [0.25, 0.3) is 0 Å². The van der Waals surface area contributed by atoms with Gasteiger partial charge in [-0.3, -0.25) is 5.43 Å². The van der Waals surface area contributed by atoms with Gasteiger partial charge in [0, 0.05) is 17.1 Å². The van der Waals surface area contributed by atoms with Gasteiger partial charge in [-0.1, -0.05) is 29.8 Å². The fourth-order valence-corrected chi connectivity index (χ4v) is 3.38. The van der Waals surface area contributed by atoms with Gasteiger partial charge in [-0.15, -0.1) is 0 Å². The average Bonchev–Trinajstić information content (AvgIpc) is 2.72. The van der Waals surface area contributed by atoms with Crippen molar-refractivity contribution in [3.05, 3.63) is 34.9 Å². The maximum Gasteiger partial charge on any atom is 0.0520 e. The van der Waals surface area contributed by atoms with E-state index in [1.165, 1.54) is 12.0 Å². The fraction of sp³-hybridized carbons (Fsp3) is 0.538. The highest BCUT2D eigenvalue weighted by molar-refractivity contribution is 6.31. The molecule has 4 unspecified atom stereocenters. The van der Waals surface area contributed by atoms with Crippen molar-refractivity contribution < 1.29 is 0 Å². The van der Waals surface area contributed by atoms with E-state index in [9.17, 15) is 0 Å². The zero-order valence-electron chi connectivity index (χ0n) is 9.70. The molecule has 3 nitrogen and oxygen atoms in total. The second-order valence-corrected chi connectivity index (χ2v) is 5.54. The molecule has 1 aliphatic carbocycles. The molecule has 0 bridgehead atoms. The molecule has 3 rings (SSSR count). The molecular weight excluding hydrogens is 234 g/mol. The van der Waals surface area contributed by atoms with Crippen molar-refractivity contribution in [1.29, 1.82) is 0 Å². The maximum absolute atomic E-state index is 6.27. The second-order valence-electron chi connectivity index (χ2n) is 5.13. The van der Waals surface area contributed by atoms with Crippen LogP contribution in [0.15, 0.2) is 24.3 Å². The first-order valence-corrected chi connectivity index (χ1v) is 6.64. The van der Waals surface area contributed by atoms with E-state index in [2.05, 4.69) is 16.9 Å². The Kier molecular flexibility index (Phi) is 3.09. The molecule has 2 aliphatic rings. The van der Waals surface area contributed by atoms with E-state index in [0.29, 0.717) is 24.0 Å². The molecule has 0 radical (unpaired) electrons. The molecule has 2 fully saturated rings. The highest BCUT2D eigenvalue weighted by Gasteiger charge is 2.40. The Hall–Kier alpha value is -0.610. The van der Waals surface area contributed by atoms with Crippen molar-refractivity contribution in [3.63, 3.8) is 0 Å². The first kappa shape index (κ1) is 11.5. The Morgan fingerprint density at radius 1 is 1.18 bits per heavy atom. The van der Waals surface area contributed by atoms with Gasteiger partial charge in [-0.2, -0.15) is 0 Å². The molecule has 17 heavy (non-hydrogen) atoms. The summed E-state index contributed by atoms with van der Waals surface area (Å²) in [4.78, 5) is 0. The summed E-state index contributed by atoms with van der Waals surface area (Å²) in [6, 6.07) is 9.24. The monoisotopic (exact) mass is 251 g/mol. The highest BCUT2D eigenvalue weighted by Crippen LogP contribution is 2.39. The molecule has 4 N–H and O–H groups in total. The Morgan fingerprint density at radius 2 is 2.00 bits per heavy atom. The number of hydrogen-bond donors (Lipinski definition) is 3. The van der Waals surface area contributed by atoms with Gasteiger partial charge in [-0.05, 0) is 36.8 Å². The van der Waals surface area contributed by atoms with E-state index in [-0.39, 0.29) is 0 Å². The number of halogens is 1. The summed E-state index contributed by atoms with van der Waals surface area (Å²) in [5.41, 5.74) is 14.0. The van der Waals surface area contributed by atoms with E-state index in [1.807, 2.05) is 18.2 Å². The molecule has 1 aromatic rings. The molecular formula is C13H18ClN3. The minimum atomic E-state index is 0.321. The Morgan fingerprint density at radius 3 is 2.82 bits per heavy atom. The number of nitrogens with one attached hydrogen (secondary N) is 2. The van der Waals surface area contributed by atoms with Crippen molar-refractivity contribution in [2.24, 2.45) is 11.7 Å². The van der Waals surface area contributed by atoms with Crippen LogP contribution in [-0.4, -0.2) is 12.1 Å². The van der Waals surface area contributed by atoms with Crippen LogP contribution in [0.25, 0.3) is 0 Å². The lowest BCUT2D eigenvalue weighted by Gasteiger charge is -2.31. The van der Waals surface area contributed by atoms with E-state index < -0.39 is 0 Å². The lowest BCUT2D eigenvalue weighted by molar-refractivity contribution is 0.281. The SMILES string of the molecule is NC1CCC2C(C1)NNC2c1ccccc1Cl. The maximum atomic E-state index is 6.27. The molecule has 4 atom stereocenters. The zero-order valence-corrected chi connectivity index (χ0v) is 10.5. The molecule has 0 amide bonds. The predicted molar refractivity (Wildman–Crippen MR) is 69.6 cm³/mol. The lowest BCUT2D eigenvalue weighted by atomic mass is 9.78. The standard InChI is InChI=1S/C13H18ClN3/c14-11-4-2-1-3-9(11)13-10-6-5-8(15)7-12(10)16-17-13/h1-4,8,10,12-13,16-17H,5-7,15H2. The normalized spacial score (nSPS) is 36.8. The van der Waals surface area contributed by atoms with Gasteiger partial charge in [0.1, 0.15) is 0 Å². The van der Waals surface area contributed by atoms with E-state index in [1.54, 1.807) is 0 Å². The quantitative estimate of drug-likeness (QED) is 0.716. The average molecular weight is 252 g/mol. The molecule has 4 heteroatoms. The van der Waals surface area contributed by atoms with E-state index >= 15 is 0 Å². The number of benzene rings is 1. The first-order chi connectivity index (χ1) is 8.25. The summed E-state index contributed by atoms with van der Waals surface area (Å²) in [5, 5.41) is 0.849. The minimum absolute atomic E-state index is 0.321. The number of rotatable bonds is 1. The third-order valence-corrected chi connectivity index (χ3v) is 4.38. The molecule has 1 aliphatic heterocycles. The summed E-state index contributed by atoms with van der Waals surface area (Å²) >= 11 is 6.27. The van der Waals surface area contributed by atoms with Crippen LogP contribution >= 0.6 is 11.6 Å². The Labute approximate surface area is 107 Å². The Bertz CT molecular complexity index is 409. The zero-order chi connectivity index (χ0) is 11.8. The molecule has 0 aromatic heterocycles. The molecule has 0 spiro atoms. The molecule has 1 saturated carbocycles. The topological polar surface area (TPSA) is 50.1 Å². The van der Waals surface area contributed by atoms with Crippen molar-refractivity contribution in [1.82, 2.24) is 10.9 Å². The van der Waals surface area contributed by atoms with Gasteiger partial charge in [-0.25, -0.2) is 5.43 Å². The summed E-state index contributed by atoms with van der Waals surface area (Å²) < 4.78 is 0. The van der Waals surface area contributed by atoms with Crippen molar-refractivity contribution in [3.8, 4) is 0 Å². The molecule has 92 valence electrons. The Balaban J connectivity index is 1.84. The summed E-state index contributed by atoms with van der Waals surface area (Å²) in [6.07, 6.45) is 3.34. The second kappa shape index (κ2) is 4.58. The van der Waals surface area contributed by atoms with Crippen LogP contribution in [0.2, 0.25) is 5.02 Å². The van der Waals surface area contributed by atoms with Gasteiger partial charge in [0.2, 0.25) is 0 Å². The molecule has 1 aromatic carbocycles.